The third kappa shape index (κ3) is 2.24. The van der Waals surface area contributed by atoms with E-state index in [1.807, 2.05) is 0 Å². The summed E-state index contributed by atoms with van der Waals surface area (Å²) in [5.41, 5.74) is 0. The van der Waals surface area contributed by atoms with Crippen molar-refractivity contribution in [3.8, 4) is 0 Å². The van der Waals surface area contributed by atoms with Crippen LogP contribution in [0.15, 0.2) is 29.2 Å². The highest BCUT2D eigenvalue weighted by molar-refractivity contribution is 7.92. The second kappa shape index (κ2) is 4.73. The lowest BCUT2D eigenvalue weighted by atomic mass is 10.2. The predicted octanol–water partition coefficient (Wildman–Crippen LogP) is 1.87. The number of hydrogen-bond acceptors (Lipinski definition) is 3. The van der Waals surface area contributed by atoms with Gasteiger partial charge in [0.1, 0.15) is 0 Å². The standard InChI is InChI=1S/C11H14ClNO2S/c12-10-3-1-2-4-11(10)16(14,15)9-5-7-13-8-6-9/h1-4,9,13H,5-8H2. The number of halogens is 1. The molecule has 0 aromatic heterocycles. The Kier molecular flexibility index (Phi) is 3.52. The van der Waals surface area contributed by atoms with Gasteiger partial charge in [0.2, 0.25) is 0 Å². The first kappa shape index (κ1) is 11.9. The summed E-state index contributed by atoms with van der Waals surface area (Å²) in [5.74, 6) is 0. The Morgan fingerprint density at radius 2 is 1.81 bits per heavy atom. The second-order valence-electron chi connectivity index (χ2n) is 3.92. The molecule has 1 fully saturated rings. The van der Waals surface area contributed by atoms with Crippen molar-refractivity contribution in [3.05, 3.63) is 29.3 Å². The SMILES string of the molecule is O=S(=O)(c1ccccc1Cl)C1CCNCC1. The van der Waals surface area contributed by atoms with Gasteiger partial charge in [-0.25, -0.2) is 8.42 Å². The van der Waals surface area contributed by atoms with Crippen molar-refractivity contribution in [2.45, 2.75) is 23.0 Å². The lowest BCUT2D eigenvalue weighted by Gasteiger charge is -2.23. The van der Waals surface area contributed by atoms with Crippen molar-refractivity contribution >= 4 is 21.4 Å². The fourth-order valence-corrected chi connectivity index (χ4v) is 4.24. The summed E-state index contributed by atoms with van der Waals surface area (Å²) >= 11 is 5.93. The van der Waals surface area contributed by atoms with Crippen LogP contribution in [0, 0.1) is 0 Å². The molecule has 5 heteroatoms. The van der Waals surface area contributed by atoms with Gasteiger partial charge in [0, 0.05) is 0 Å². The van der Waals surface area contributed by atoms with Gasteiger partial charge in [0.05, 0.1) is 15.2 Å². The summed E-state index contributed by atoms with van der Waals surface area (Å²) in [6.45, 7) is 1.52. The van der Waals surface area contributed by atoms with Gasteiger partial charge in [-0.2, -0.15) is 0 Å². The Morgan fingerprint density at radius 3 is 2.44 bits per heavy atom. The molecule has 0 atom stereocenters. The maximum absolute atomic E-state index is 12.3. The van der Waals surface area contributed by atoms with Gasteiger partial charge >= 0.3 is 0 Å². The maximum Gasteiger partial charge on any atom is 0.182 e. The van der Waals surface area contributed by atoms with Crippen molar-refractivity contribution in [2.75, 3.05) is 13.1 Å². The van der Waals surface area contributed by atoms with E-state index in [-0.39, 0.29) is 10.1 Å². The van der Waals surface area contributed by atoms with Crippen LogP contribution in [0.4, 0.5) is 0 Å². The van der Waals surface area contributed by atoms with Crippen LogP contribution in [0.2, 0.25) is 5.02 Å². The zero-order chi connectivity index (χ0) is 11.6. The Morgan fingerprint density at radius 1 is 1.19 bits per heavy atom. The fourth-order valence-electron chi connectivity index (χ4n) is 1.96. The maximum atomic E-state index is 12.3. The minimum Gasteiger partial charge on any atom is -0.317 e. The number of sulfone groups is 1. The van der Waals surface area contributed by atoms with Crippen LogP contribution in [-0.2, 0) is 9.84 Å². The van der Waals surface area contributed by atoms with Crippen molar-refractivity contribution in [3.63, 3.8) is 0 Å². The summed E-state index contributed by atoms with van der Waals surface area (Å²) in [6.07, 6.45) is 1.32. The van der Waals surface area contributed by atoms with Crippen LogP contribution in [0.25, 0.3) is 0 Å². The quantitative estimate of drug-likeness (QED) is 0.882. The molecular weight excluding hydrogens is 246 g/mol. The van der Waals surface area contributed by atoms with E-state index in [1.54, 1.807) is 24.3 Å². The zero-order valence-corrected chi connectivity index (χ0v) is 10.4. The van der Waals surface area contributed by atoms with E-state index >= 15 is 0 Å². The lowest BCUT2D eigenvalue weighted by Crippen LogP contribution is -2.35. The van der Waals surface area contributed by atoms with Gasteiger partial charge in [0.25, 0.3) is 0 Å². The van der Waals surface area contributed by atoms with Crippen molar-refractivity contribution in [1.29, 1.82) is 0 Å². The third-order valence-electron chi connectivity index (χ3n) is 2.87. The molecule has 1 heterocycles. The topological polar surface area (TPSA) is 46.2 Å². The summed E-state index contributed by atoms with van der Waals surface area (Å²) in [6, 6.07) is 6.65. The zero-order valence-electron chi connectivity index (χ0n) is 8.82. The minimum atomic E-state index is -3.26. The summed E-state index contributed by atoms with van der Waals surface area (Å²) in [7, 11) is -3.26. The molecule has 1 aliphatic rings. The molecule has 1 N–H and O–H groups in total. The largest absolute Gasteiger partial charge is 0.317 e. The van der Waals surface area contributed by atoms with Gasteiger partial charge < -0.3 is 5.32 Å². The normalized spacial score (nSPS) is 18.6. The Balaban J connectivity index is 2.35. The Hall–Kier alpha value is -0.580. The van der Waals surface area contributed by atoms with Crippen LogP contribution >= 0.6 is 11.6 Å². The highest BCUT2D eigenvalue weighted by atomic mass is 35.5. The molecule has 1 aromatic carbocycles. The Labute approximate surface area is 101 Å². The van der Waals surface area contributed by atoms with Crippen LogP contribution in [0.5, 0.6) is 0 Å². The predicted molar refractivity (Wildman–Crippen MR) is 64.5 cm³/mol. The molecule has 0 bridgehead atoms. The van der Waals surface area contributed by atoms with E-state index in [2.05, 4.69) is 5.32 Å². The first-order valence-corrected chi connectivity index (χ1v) is 7.24. The number of rotatable bonds is 2. The molecule has 16 heavy (non-hydrogen) atoms. The molecule has 0 radical (unpaired) electrons. The van der Waals surface area contributed by atoms with Gasteiger partial charge in [0.15, 0.2) is 9.84 Å². The average Bonchev–Trinajstić information content (AvgIpc) is 2.30. The summed E-state index contributed by atoms with van der Waals surface area (Å²) in [4.78, 5) is 0.267. The van der Waals surface area contributed by atoms with Gasteiger partial charge in [-0.1, -0.05) is 23.7 Å². The third-order valence-corrected chi connectivity index (χ3v) is 5.63. The average molecular weight is 260 g/mol. The monoisotopic (exact) mass is 259 g/mol. The fraction of sp³-hybridized carbons (Fsp3) is 0.455. The molecule has 0 amide bonds. The van der Waals surface area contributed by atoms with E-state index in [9.17, 15) is 8.42 Å². The van der Waals surface area contributed by atoms with Crippen molar-refractivity contribution in [2.24, 2.45) is 0 Å². The number of benzene rings is 1. The minimum absolute atomic E-state index is 0.267. The van der Waals surface area contributed by atoms with Gasteiger partial charge in [-0.15, -0.1) is 0 Å². The lowest BCUT2D eigenvalue weighted by molar-refractivity contribution is 0.496. The molecule has 0 saturated carbocycles. The van der Waals surface area contributed by atoms with E-state index < -0.39 is 9.84 Å². The molecule has 0 unspecified atom stereocenters. The number of piperidine rings is 1. The molecule has 1 aromatic rings. The molecule has 1 saturated heterocycles. The van der Waals surface area contributed by atoms with E-state index in [1.165, 1.54) is 0 Å². The molecule has 2 rings (SSSR count). The van der Waals surface area contributed by atoms with Crippen LogP contribution in [0.3, 0.4) is 0 Å². The van der Waals surface area contributed by atoms with Crippen molar-refractivity contribution in [1.82, 2.24) is 5.32 Å². The molecule has 88 valence electrons. The second-order valence-corrected chi connectivity index (χ2v) is 6.53. The van der Waals surface area contributed by atoms with Crippen LogP contribution < -0.4 is 5.32 Å². The molecule has 0 spiro atoms. The molecule has 0 aliphatic carbocycles. The molecular formula is C11H14ClNO2S. The summed E-state index contributed by atoms with van der Waals surface area (Å²) in [5, 5.41) is 3.18. The smallest absolute Gasteiger partial charge is 0.182 e. The highest BCUT2D eigenvalue weighted by Gasteiger charge is 2.30. The van der Waals surface area contributed by atoms with Crippen LogP contribution in [0.1, 0.15) is 12.8 Å². The molecule has 3 nitrogen and oxygen atoms in total. The van der Waals surface area contributed by atoms with E-state index in [0.717, 1.165) is 13.1 Å². The van der Waals surface area contributed by atoms with Gasteiger partial charge in [-0.05, 0) is 38.1 Å². The highest BCUT2D eigenvalue weighted by Crippen LogP contribution is 2.27. The van der Waals surface area contributed by atoms with E-state index in [4.69, 9.17) is 11.6 Å². The van der Waals surface area contributed by atoms with Crippen molar-refractivity contribution < 1.29 is 8.42 Å². The number of hydrogen-bond donors (Lipinski definition) is 1. The summed E-state index contributed by atoms with van der Waals surface area (Å²) < 4.78 is 24.6. The van der Waals surface area contributed by atoms with Crippen LogP contribution in [-0.4, -0.2) is 26.8 Å². The number of nitrogens with one attached hydrogen (secondary N) is 1. The first-order chi connectivity index (χ1) is 7.62. The molecule has 1 aliphatic heterocycles. The Bertz CT molecular complexity index is 467. The van der Waals surface area contributed by atoms with Gasteiger partial charge in [-0.3, -0.25) is 0 Å². The first-order valence-electron chi connectivity index (χ1n) is 5.31. The van der Waals surface area contributed by atoms with E-state index in [0.29, 0.717) is 17.9 Å².